The number of benzene rings is 4. The Balaban J connectivity index is 0.000000222. The number of fused-ring (bicyclic) bond motifs is 4. The number of amides is 2. The first-order chi connectivity index (χ1) is 33.9. The van der Waals surface area contributed by atoms with E-state index in [0.29, 0.717) is 48.5 Å². The van der Waals surface area contributed by atoms with E-state index >= 15 is 0 Å². The Bertz CT molecular complexity index is 2460. The monoisotopic (exact) mass is 965 g/mol. The van der Waals surface area contributed by atoms with Crippen molar-refractivity contribution in [2.75, 3.05) is 117 Å². The van der Waals surface area contributed by atoms with Crippen LogP contribution in [0.1, 0.15) is 83.0 Å². The highest BCUT2D eigenvalue weighted by Crippen LogP contribution is 2.44. The van der Waals surface area contributed by atoms with Crippen LogP contribution in [-0.2, 0) is 41.7 Å². The Kier molecular flexibility index (Phi) is 19.1. The Morgan fingerprint density at radius 3 is 1.39 bits per heavy atom. The second kappa shape index (κ2) is 25.1. The predicted octanol–water partition coefficient (Wildman–Crippen LogP) is 8.07. The molecule has 14 heteroatoms. The average molecular weight is 965 g/mol. The van der Waals surface area contributed by atoms with Gasteiger partial charge < -0.3 is 57.5 Å². The molecule has 0 N–H and O–H groups in total. The molecule has 8 rings (SSSR count). The molecule has 380 valence electrons. The maximum absolute atomic E-state index is 12.9. The summed E-state index contributed by atoms with van der Waals surface area (Å²) in [4.78, 5) is 34.3. The molecule has 2 aliphatic carbocycles. The van der Waals surface area contributed by atoms with Crippen molar-refractivity contribution in [3.05, 3.63) is 99.2 Å². The average Bonchev–Trinajstić information content (AvgIpc) is 3.62. The molecule has 0 fully saturated rings. The fraction of sp³-hybridized carbons (Fsp3) is 0.500. The van der Waals surface area contributed by atoms with E-state index in [1.165, 1.54) is 27.8 Å². The number of carbonyl (C=O) groups excluding carboxylic acids is 2. The van der Waals surface area contributed by atoms with Gasteiger partial charge in [-0.15, -0.1) is 0 Å². The molecule has 0 saturated heterocycles. The van der Waals surface area contributed by atoms with Crippen molar-refractivity contribution in [2.24, 2.45) is 0 Å². The van der Waals surface area contributed by atoms with Gasteiger partial charge in [-0.1, -0.05) is 13.8 Å². The minimum atomic E-state index is 0.0961. The van der Waals surface area contributed by atoms with Gasteiger partial charge in [0.05, 0.1) is 69.7 Å². The lowest BCUT2D eigenvalue weighted by Gasteiger charge is -2.34. The highest BCUT2D eigenvalue weighted by Gasteiger charge is 2.31. The Morgan fingerprint density at radius 1 is 0.500 bits per heavy atom. The highest BCUT2D eigenvalue weighted by molar-refractivity contribution is 5.84. The summed E-state index contributed by atoms with van der Waals surface area (Å²) in [7, 11) is 17.5. The summed E-state index contributed by atoms with van der Waals surface area (Å²) in [6.45, 7) is 10.1. The summed E-state index contributed by atoms with van der Waals surface area (Å²) in [5.41, 5.74) is 9.53. The molecule has 2 amide bonds. The number of rotatable bonds is 20. The van der Waals surface area contributed by atoms with E-state index in [4.69, 9.17) is 37.9 Å². The van der Waals surface area contributed by atoms with Crippen LogP contribution in [0.5, 0.6) is 46.0 Å². The molecule has 2 atom stereocenters. The third kappa shape index (κ3) is 12.4. The van der Waals surface area contributed by atoms with Crippen molar-refractivity contribution in [1.29, 1.82) is 0 Å². The molecule has 0 aromatic heterocycles. The van der Waals surface area contributed by atoms with E-state index in [2.05, 4.69) is 48.2 Å². The molecule has 0 bridgehead atoms. The fourth-order valence-electron chi connectivity index (χ4n) is 9.99. The molecule has 0 unspecified atom stereocenters. The van der Waals surface area contributed by atoms with Crippen molar-refractivity contribution in [2.45, 2.75) is 70.6 Å². The first-order valence-electron chi connectivity index (χ1n) is 24.5. The SMILES string of the molecule is CC.COc1cc2c(cc1OC)CC(=O)N(CCCN(C)C[C@H]1Cc3cc(OC)c(OC)cc31)C=C2.COc1cc2c(cc1OC)CC(=O)N(CCCN(C)C[C@H]1Cc3cc(OC)c(OC)cc31)CC2. The lowest BCUT2D eigenvalue weighted by molar-refractivity contribution is -0.130. The molecule has 2 aliphatic heterocycles. The minimum absolute atomic E-state index is 0.0961. The van der Waals surface area contributed by atoms with Gasteiger partial charge in [-0.05, 0) is 158 Å². The molecular weight excluding hydrogens is 889 g/mol. The Hall–Kier alpha value is -6.12. The van der Waals surface area contributed by atoms with Gasteiger partial charge in [-0.25, -0.2) is 0 Å². The van der Waals surface area contributed by atoms with Crippen molar-refractivity contribution in [1.82, 2.24) is 19.6 Å². The number of methoxy groups -OCH3 is 8. The maximum Gasteiger partial charge on any atom is 0.230 e. The second-order valence-electron chi connectivity index (χ2n) is 18.1. The number of hydrogen-bond acceptors (Lipinski definition) is 12. The first-order valence-corrected chi connectivity index (χ1v) is 24.5. The van der Waals surface area contributed by atoms with Crippen molar-refractivity contribution < 1.29 is 47.5 Å². The van der Waals surface area contributed by atoms with Gasteiger partial charge in [0.25, 0.3) is 0 Å². The van der Waals surface area contributed by atoms with Gasteiger partial charge >= 0.3 is 0 Å². The van der Waals surface area contributed by atoms with E-state index in [1.807, 2.05) is 60.2 Å². The second-order valence-corrected chi connectivity index (χ2v) is 18.1. The Morgan fingerprint density at radius 2 is 0.900 bits per heavy atom. The van der Waals surface area contributed by atoms with Gasteiger partial charge in [0, 0.05) is 50.8 Å². The molecule has 2 heterocycles. The zero-order valence-electron chi connectivity index (χ0n) is 43.7. The molecule has 0 spiro atoms. The van der Waals surface area contributed by atoms with Crippen LogP contribution in [0.15, 0.2) is 54.7 Å². The number of ether oxygens (including phenoxy) is 8. The molecule has 4 aliphatic rings. The van der Waals surface area contributed by atoms with Crippen LogP contribution in [0.3, 0.4) is 0 Å². The summed E-state index contributed by atoms with van der Waals surface area (Å²) in [6.07, 6.45) is 9.45. The van der Waals surface area contributed by atoms with Gasteiger partial charge in [-0.2, -0.15) is 0 Å². The Labute approximate surface area is 416 Å². The molecule has 14 nitrogen and oxygen atoms in total. The lowest BCUT2D eigenvalue weighted by atomic mass is 9.77. The number of likely N-dealkylation sites (N-methyl/N-ethyl adjacent to an activating group) is 2. The molecule has 4 aromatic carbocycles. The standard InChI is InChI=1S/C27H36N2O5.C27H34N2O5.C2H6/c2*1-28(17-21-11-20-14-25(33-4)26(34-5)16-22(20)21)8-6-9-29-10-7-18-12-23(31-2)24(32-3)13-19(18)15-27(29)30;1-2/h12-14,16,21H,6-11,15,17H2,1-5H3;7,10,12-14,16,21H,6,8-9,11,15,17H2,1-5H3;1-2H3/t2*21-;/m11./s1. The first kappa shape index (κ1) is 53.2. The predicted molar refractivity (Wildman–Crippen MR) is 275 cm³/mol. The topological polar surface area (TPSA) is 121 Å². The quantitative estimate of drug-likeness (QED) is 0.0852. The highest BCUT2D eigenvalue weighted by atomic mass is 16.5. The van der Waals surface area contributed by atoms with E-state index in [1.54, 1.807) is 56.9 Å². The normalized spacial score (nSPS) is 16.3. The van der Waals surface area contributed by atoms with E-state index in [0.717, 1.165) is 117 Å². The fourth-order valence-corrected chi connectivity index (χ4v) is 9.99. The zero-order chi connectivity index (χ0) is 50.5. The van der Waals surface area contributed by atoms with Gasteiger partial charge in [0.2, 0.25) is 11.8 Å². The number of carbonyl (C=O) groups is 2. The summed E-state index contributed by atoms with van der Waals surface area (Å²) in [6, 6.07) is 16.2. The van der Waals surface area contributed by atoms with Gasteiger partial charge in [0.15, 0.2) is 46.0 Å². The number of nitrogens with zero attached hydrogens (tertiary/aromatic N) is 4. The van der Waals surface area contributed by atoms with Crippen LogP contribution in [0.2, 0.25) is 0 Å². The summed E-state index contributed by atoms with van der Waals surface area (Å²) in [5, 5.41) is 0. The van der Waals surface area contributed by atoms with Crippen molar-refractivity contribution in [3.63, 3.8) is 0 Å². The van der Waals surface area contributed by atoms with Crippen LogP contribution in [0.25, 0.3) is 6.08 Å². The summed E-state index contributed by atoms with van der Waals surface area (Å²) in [5.74, 6) is 7.18. The van der Waals surface area contributed by atoms with Crippen LogP contribution in [-0.4, -0.2) is 148 Å². The smallest absolute Gasteiger partial charge is 0.230 e. The van der Waals surface area contributed by atoms with E-state index in [-0.39, 0.29) is 11.8 Å². The largest absolute Gasteiger partial charge is 0.493 e. The molecular formula is C56H76N4O10. The van der Waals surface area contributed by atoms with Crippen LogP contribution >= 0.6 is 0 Å². The third-order valence-electron chi connectivity index (χ3n) is 13.9. The van der Waals surface area contributed by atoms with Gasteiger partial charge in [0.1, 0.15) is 0 Å². The van der Waals surface area contributed by atoms with E-state index in [9.17, 15) is 9.59 Å². The van der Waals surface area contributed by atoms with Crippen molar-refractivity contribution in [3.8, 4) is 46.0 Å². The third-order valence-corrected chi connectivity index (χ3v) is 13.9. The van der Waals surface area contributed by atoms with Crippen molar-refractivity contribution >= 4 is 17.9 Å². The molecule has 0 saturated carbocycles. The number of hydrogen-bond donors (Lipinski definition) is 0. The maximum atomic E-state index is 12.9. The van der Waals surface area contributed by atoms with Crippen LogP contribution < -0.4 is 37.9 Å². The summed E-state index contributed by atoms with van der Waals surface area (Å²) < 4.78 is 43.4. The summed E-state index contributed by atoms with van der Waals surface area (Å²) >= 11 is 0. The van der Waals surface area contributed by atoms with E-state index < -0.39 is 0 Å². The van der Waals surface area contributed by atoms with Crippen LogP contribution in [0, 0.1) is 0 Å². The minimum Gasteiger partial charge on any atom is -0.493 e. The van der Waals surface area contributed by atoms with Gasteiger partial charge in [-0.3, -0.25) is 9.59 Å². The van der Waals surface area contributed by atoms with Crippen LogP contribution in [0.4, 0.5) is 0 Å². The molecule has 70 heavy (non-hydrogen) atoms. The molecule has 4 aromatic rings. The lowest BCUT2D eigenvalue weighted by Crippen LogP contribution is -2.36. The molecule has 0 radical (unpaired) electrons. The zero-order valence-corrected chi connectivity index (χ0v) is 43.7.